The highest BCUT2D eigenvalue weighted by Crippen LogP contribution is 2.16. The minimum Gasteiger partial charge on any atom is -0.487 e. The van der Waals surface area contributed by atoms with E-state index in [1.54, 1.807) is 54.7 Å². The fourth-order valence-corrected chi connectivity index (χ4v) is 3.02. The number of furan rings is 1. The zero-order valence-electron chi connectivity index (χ0n) is 15.5. The first kappa shape index (κ1) is 19.6. The number of aromatic nitrogens is 1. The molecule has 0 spiro atoms. The summed E-state index contributed by atoms with van der Waals surface area (Å²) in [6.45, 7) is 3.71. The van der Waals surface area contributed by atoms with Crippen LogP contribution in [-0.2, 0) is 16.1 Å². The van der Waals surface area contributed by atoms with Crippen LogP contribution < -0.4 is 10.1 Å². The van der Waals surface area contributed by atoms with E-state index in [4.69, 9.17) is 13.9 Å². The Morgan fingerprint density at radius 1 is 1.25 bits per heavy atom. The standard InChI is InChI=1S/C20H20N2O5S/c1-13(18-4-3-9-25-18)21-19(23)11-27-20(24)15-5-7-17(8-6-15)26-10-16-12-28-14(2)22-16/h3-9,12-13H,10-11H2,1-2H3,(H,21,23)/t13-/m1/s1. The average molecular weight is 400 g/mol. The third-order valence-corrected chi connectivity index (χ3v) is 4.65. The number of esters is 1. The van der Waals surface area contributed by atoms with Gasteiger partial charge < -0.3 is 19.2 Å². The average Bonchev–Trinajstić information content (AvgIpc) is 3.37. The van der Waals surface area contributed by atoms with Gasteiger partial charge in [0, 0.05) is 5.38 Å². The van der Waals surface area contributed by atoms with Crippen molar-refractivity contribution >= 4 is 23.2 Å². The Kier molecular flexibility index (Phi) is 6.44. The van der Waals surface area contributed by atoms with E-state index in [1.165, 1.54) is 6.26 Å². The Morgan fingerprint density at radius 2 is 2.04 bits per heavy atom. The summed E-state index contributed by atoms with van der Waals surface area (Å²) in [6.07, 6.45) is 1.53. The molecule has 0 aliphatic carbocycles. The van der Waals surface area contributed by atoms with Crippen LogP contribution in [0.25, 0.3) is 0 Å². The number of ether oxygens (including phenoxy) is 2. The summed E-state index contributed by atoms with van der Waals surface area (Å²) in [6, 6.07) is 9.73. The van der Waals surface area contributed by atoms with E-state index in [0.717, 1.165) is 10.7 Å². The molecule has 7 nitrogen and oxygen atoms in total. The van der Waals surface area contributed by atoms with Gasteiger partial charge in [0.2, 0.25) is 0 Å². The number of amides is 1. The van der Waals surface area contributed by atoms with Gasteiger partial charge in [-0.3, -0.25) is 4.79 Å². The molecule has 2 heterocycles. The van der Waals surface area contributed by atoms with Gasteiger partial charge in [-0.15, -0.1) is 11.3 Å². The molecule has 3 aromatic rings. The maximum Gasteiger partial charge on any atom is 0.338 e. The van der Waals surface area contributed by atoms with Crippen molar-refractivity contribution in [3.63, 3.8) is 0 Å². The SMILES string of the molecule is Cc1nc(COc2ccc(C(=O)OCC(=O)N[C@H](C)c3ccco3)cc2)cs1. The lowest BCUT2D eigenvalue weighted by molar-refractivity contribution is -0.125. The topological polar surface area (TPSA) is 90.7 Å². The zero-order valence-corrected chi connectivity index (χ0v) is 16.3. The van der Waals surface area contributed by atoms with Crippen LogP contribution >= 0.6 is 11.3 Å². The van der Waals surface area contributed by atoms with Crippen molar-refractivity contribution in [3.05, 3.63) is 70.1 Å². The maximum absolute atomic E-state index is 12.1. The van der Waals surface area contributed by atoms with Crippen LogP contribution in [0.15, 0.2) is 52.5 Å². The highest BCUT2D eigenvalue weighted by Gasteiger charge is 2.14. The Bertz CT molecular complexity index is 918. The van der Waals surface area contributed by atoms with Crippen molar-refractivity contribution in [2.45, 2.75) is 26.5 Å². The van der Waals surface area contributed by atoms with Crippen LogP contribution in [0.3, 0.4) is 0 Å². The number of nitrogens with one attached hydrogen (secondary N) is 1. The van der Waals surface area contributed by atoms with E-state index in [-0.39, 0.29) is 12.6 Å². The second kappa shape index (κ2) is 9.18. The molecule has 0 bridgehead atoms. The van der Waals surface area contributed by atoms with Gasteiger partial charge >= 0.3 is 5.97 Å². The summed E-state index contributed by atoms with van der Waals surface area (Å²) in [5.41, 5.74) is 1.20. The van der Waals surface area contributed by atoms with E-state index >= 15 is 0 Å². The van der Waals surface area contributed by atoms with Crippen molar-refractivity contribution in [1.82, 2.24) is 10.3 Å². The van der Waals surface area contributed by atoms with Crippen LogP contribution in [0, 0.1) is 6.92 Å². The predicted octanol–water partition coefficient (Wildman–Crippen LogP) is 3.66. The first-order chi connectivity index (χ1) is 13.5. The molecule has 0 unspecified atom stereocenters. The molecule has 8 heteroatoms. The molecule has 0 aliphatic rings. The highest BCUT2D eigenvalue weighted by molar-refractivity contribution is 7.09. The number of hydrogen-bond donors (Lipinski definition) is 1. The smallest absolute Gasteiger partial charge is 0.338 e. The lowest BCUT2D eigenvalue weighted by Crippen LogP contribution is -2.30. The second-order valence-electron chi connectivity index (χ2n) is 6.05. The van der Waals surface area contributed by atoms with Crippen LogP contribution in [-0.4, -0.2) is 23.5 Å². The van der Waals surface area contributed by atoms with Crippen molar-refractivity contribution in [3.8, 4) is 5.75 Å². The van der Waals surface area contributed by atoms with E-state index in [0.29, 0.717) is 23.7 Å². The number of thiazole rings is 1. The second-order valence-corrected chi connectivity index (χ2v) is 7.11. The van der Waals surface area contributed by atoms with Crippen LogP contribution in [0.2, 0.25) is 0 Å². The van der Waals surface area contributed by atoms with Gasteiger partial charge in [-0.05, 0) is 50.2 Å². The zero-order chi connectivity index (χ0) is 19.9. The molecule has 28 heavy (non-hydrogen) atoms. The summed E-state index contributed by atoms with van der Waals surface area (Å²) in [5.74, 6) is 0.258. The van der Waals surface area contributed by atoms with E-state index in [1.807, 2.05) is 12.3 Å². The van der Waals surface area contributed by atoms with Crippen LogP contribution in [0.5, 0.6) is 5.75 Å². The quantitative estimate of drug-likeness (QED) is 0.581. The van der Waals surface area contributed by atoms with Crippen LogP contribution in [0.1, 0.15) is 39.8 Å². The number of hydrogen-bond acceptors (Lipinski definition) is 7. The number of carbonyl (C=O) groups is 2. The highest BCUT2D eigenvalue weighted by atomic mass is 32.1. The molecule has 1 N–H and O–H groups in total. The molecule has 0 saturated carbocycles. The summed E-state index contributed by atoms with van der Waals surface area (Å²) in [4.78, 5) is 28.3. The number of rotatable bonds is 8. The van der Waals surface area contributed by atoms with Gasteiger partial charge in [-0.1, -0.05) is 0 Å². The first-order valence-corrected chi connectivity index (χ1v) is 9.53. The molecular formula is C20H20N2O5S. The molecule has 0 fully saturated rings. The predicted molar refractivity (Wildman–Crippen MR) is 103 cm³/mol. The lowest BCUT2D eigenvalue weighted by Gasteiger charge is -2.11. The van der Waals surface area contributed by atoms with Gasteiger partial charge in [-0.2, -0.15) is 0 Å². The molecular weight excluding hydrogens is 380 g/mol. The van der Waals surface area contributed by atoms with Crippen molar-refractivity contribution < 1.29 is 23.5 Å². The summed E-state index contributed by atoms with van der Waals surface area (Å²) < 4.78 is 15.9. The molecule has 146 valence electrons. The Labute approximate surface area is 166 Å². The number of benzene rings is 1. The Hall–Kier alpha value is -3.13. The largest absolute Gasteiger partial charge is 0.487 e. The monoisotopic (exact) mass is 400 g/mol. The molecule has 1 aromatic carbocycles. The maximum atomic E-state index is 12.1. The van der Waals surface area contributed by atoms with E-state index < -0.39 is 11.9 Å². The van der Waals surface area contributed by atoms with E-state index in [9.17, 15) is 9.59 Å². The molecule has 3 rings (SSSR count). The summed E-state index contributed by atoms with van der Waals surface area (Å²) >= 11 is 1.57. The Balaban J connectivity index is 1.44. The number of nitrogens with zero attached hydrogens (tertiary/aromatic N) is 1. The molecule has 0 radical (unpaired) electrons. The summed E-state index contributed by atoms with van der Waals surface area (Å²) in [5, 5.41) is 5.63. The fourth-order valence-electron chi connectivity index (χ4n) is 2.43. The van der Waals surface area contributed by atoms with Gasteiger partial charge in [0.25, 0.3) is 5.91 Å². The molecule has 0 aliphatic heterocycles. The van der Waals surface area contributed by atoms with Gasteiger partial charge in [-0.25, -0.2) is 9.78 Å². The van der Waals surface area contributed by atoms with Crippen molar-refractivity contribution in [2.24, 2.45) is 0 Å². The minimum absolute atomic E-state index is 0.306. The molecule has 2 aromatic heterocycles. The van der Waals surface area contributed by atoms with Gasteiger partial charge in [0.15, 0.2) is 6.61 Å². The third kappa shape index (κ3) is 5.43. The van der Waals surface area contributed by atoms with Gasteiger partial charge in [0.05, 0.1) is 28.6 Å². The van der Waals surface area contributed by atoms with Crippen molar-refractivity contribution in [1.29, 1.82) is 0 Å². The van der Waals surface area contributed by atoms with E-state index in [2.05, 4.69) is 10.3 Å². The Morgan fingerprint density at radius 3 is 2.68 bits per heavy atom. The normalized spacial score (nSPS) is 11.6. The molecule has 1 amide bonds. The van der Waals surface area contributed by atoms with Crippen molar-refractivity contribution in [2.75, 3.05) is 6.61 Å². The fraction of sp³-hybridized carbons (Fsp3) is 0.250. The van der Waals surface area contributed by atoms with Gasteiger partial charge in [0.1, 0.15) is 18.1 Å². The number of carbonyl (C=O) groups excluding carboxylic acids is 2. The molecule has 1 atom stereocenters. The number of aryl methyl sites for hydroxylation is 1. The van der Waals surface area contributed by atoms with Crippen LogP contribution in [0.4, 0.5) is 0 Å². The summed E-state index contributed by atoms with van der Waals surface area (Å²) in [7, 11) is 0. The third-order valence-electron chi connectivity index (χ3n) is 3.83. The molecule has 0 saturated heterocycles. The minimum atomic E-state index is -0.581. The lowest BCUT2D eigenvalue weighted by atomic mass is 10.2. The first-order valence-electron chi connectivity index (χ1n) is 8.65.